The van der Waals surface area contributed by atoms with Crippen LogP contribution < -0.4 is 0 Å². The zero-order valence-electron chi connectivity index (χ0n) is 20.3. The first-order chi connectivity index (χ1) is 16.1. The van der Waals surface area contributed by atoms with Gasteiger partial charge in [0.1, 0.15) is 5.82 Å². The average Bonchev–Trinajstić information content (AvgIpc) is 3.16. The number of para-hydroxylation sites is 1. The molecule has 1 N–H and O–H groups in total. The molecule has 3 aromatic rings. The van der Waals surface area contributed by atoms with Crippen molar-refractivity contribution in [3.8, 4) is 0 Å². The van der Waals surface area contributed by atoms with Gasteiger partial charge in [-0.3, -0.25) is 0 Å². The Hall–Kier alpha value is -2.20. The molecule has 0 spiro atoms. The minimum absolute atomic E-state index is 0.196. The Morgan fingerprint density at radius 2 is 1.48 bits per heavy atom. The van der Waals surface area contributed by atoms with E-state index in [4.69, 9.17) is 12.2 Å². The summed E-state index contributed by atoms with van der Waals surface area (Å²) in [5.41, 5.74) is 4.71. The topological polar surface area (TPSA) is 19.0 Å². The van der Waals surface area contributed by atoms with Crippen molar-refractivity contribution in [1.82, 2.24) is 9.88 Å². The fraction of sp³-hybridized carbons (Fsp3) is 0.483. The number of nitrogens with one attached hydrogen (secondary N) is 1. The van der Waals surface area contributed by atoms with Gasteiger partial charge in [-0.05, 0) is 42.2 Å². The molecule has 0 unspecified atom stereocenters. The molecule has 0 radical (unpaired) electrons. The van der Waals surface area contributed by atoms with Crippen LogP contribution in [0.25, 0.3) is 10.9 Å². The first kappa shape index (κ1) is 25.4. The molecule has 0 aliphatic carbocycles. The standard InChI is InChI=1S/C29H39FN2S/c1-3-5-7-11-19-32(20-12-8-6-4-2)29(33)22-26-25-13-9-10-14-27(25)31-28(26)21-23-15-17-24(30)18-16-23/h9-10,13-18,31H,3-8,11-12,19-22H2,1-2H3. The van der Waals surface area contributed by atoms with Crippen molar-refractivity contribution in [3.63, 3.8) is 0 Å². The second kappa shape index (κ2) is 13.5. The number of unbranched alkanes of at least 4 members (excludes halogenated alkanes) is 6. The lowest BCUT2D eigenvalue weighted by molar-refractivity contribution is 0.388. The number of H-pyrrole nitrogens is 1. The summed E-state index contributed by atoms with van der Waals surface area (Å²) >= 11 is 6.05. The van der Waals surface area contributed by atoms with Crippen LogP contribution in [-0.2, 0) is 12.8 Å². The van der Waals surface area contributed by atoms with Crippen LogP contribution in [0.1, 0.15) is 82.0 Å². The van der Waals surface area contributed by atoms with E-state index < -0.39 is 0 Å². The van der Waals surface area contributed by atoms with Crippen molar-refractivity contribution < 1.29 is 4.39 Å². The molecule has 178 valence electrons. The van der Waals surface area contributed by atoms with Gasteiger partial charge in [-0.1, -0.05) is 94.9 Å². The van der Waals surface area contributed by atoms with Crippen LogP contribution in [-0.4, -0.2) is 28.0 Å². The van der Waals surface area contributed by atoms with Crippen LogP contribution in [0.4, 0.5) is 4.39 Å². The molecule has 0 aliphatic rings. The fourth-order valence-corrected chi connectivity index (χ4v) is 4.83. The quantitative estimate of drug-likeness (QED) is 0.191. The molecule has 0 fully saturated rings. The number of hydrogen-bond acceptors (Lipinski definition) is 1. The zero-order valence-corrected chi connectivity index (χ0v) is 21.2. The highest BCUT2D eigenvalue weighted by Gasteiger charge is 2.17. The van der Waals surface area contributed by atoms with Crippen LogP contribution in [0, 0.1) is 5.82 Å². The van der Waals surface area contributed by atoms with Gasteiger partial charge in [0.2, 0.25) is 0 Å². The van der Waals surface area contributed by atoms with Gasteiger partial charge in [-0.15, -0.1) is 0 Å². The summed E-state index contributed by atoms with van der Waals surface area (Å²) in [7, 11) is 0. The van der Waals surface area contributed by atoms with Crippen molar-refractivity contribution in [3.05, 3.63) is 71.2 Å². The van der Waals surface area contributed by atoms with Gasteiger partial charge < -0.3 is 9.88 Å². The SMILES string of the molecule is CCCCCCN(CCCCCC)C(=S)Cc1c(Cc2ccc(F)cc2)[nH]c2ccccc12. The van der Waals surface area contributed by atoms with Crippen LogP contribution in [0.15, 0.2) is 48.5 Å². The van der Waals surface area contributed by atoms with Gasteiger partial charge in [0.15, 0.2) is 0 Å². The normalized spacial score (nSPS) is 11.2. The Morgan fingerprint density at radius 1 is 0.848 bits per heavy atom. The van der Waals surface area contributed by atoms with E-state index in [1.807, 2.05) is 12.1 Å². The maximum Gasteiger partial charge on any atom is 0.123 e. The maximum atomic E-state index is 13.4. The van der Waals surface area contributed by atoms with Gasteiger partial charge in [0.25, 0.3) is 0 Å². The highest BCUT2D eigenvalue weighted by Crippen LogP contribution is 2.26. The lowest BCUT2D eigenvalue weighted by Gasteiger charge is -2.26. The van der Waals surface area contributed by atoms with Gasteiger partial charge in [0.05, 0.1) is 4.99 Å². The predicted octanol–water partition coefficient (Wildman–Crippen LogP) is 8.23. The molecule has 0 aliphatic heterocycles. The molecule has 2 nitrogen and oxygen atoms in total. The Morgan fingerprint density at radius 3 is 2.12 bits per heavy atom. The van der Waals surface area contributed by atoms with Gasteiger partial charge in [-0.25, -0.2) is 4.39 Å². The number of fused-ring (bicyclic) bond motifs is 1. The Balaban J connectivity index is 1.78. The molecule has 1 aromatic heterocycles. The van der Waals surface area contributed by atoms with Crippen molar-refractivity contribution >= 4 is 28.1 Å². The first-order valence-electron chi connectivity index (χ1n) is 12.7. The molecule has 0 saturated carbocycles. The van der Waals surface area contributed by atoms with Crippen LogP contribution >= 0.6 is 12.2 Å². The van der Waals surface area contributed by atoms with Gasteiger partial charge >= 0.3 is 0 Å². The number of aromatic nitrogens is 1. The molecule has 0 bridgehead atoms. The van der Waals surface area contributed by atoms with Crippen LogP contribution in [0.5, 0.6) is 0 Å². The predicted molar refractivity (Wildman–Crippen MR) is 144 cm³/mol. The lowest BCUT2D eigenvalue weighted by Crippen LogP contribution is -2.33. The summed E-state index contributed by atoms with van der Waals surface area (Å²) in [6.07, 6.45) is 11.6. The highest BCUT2D eigenvalue weighted by atomic mass is 32.1. The number of halogens is 1. The minimum atomic E-state index is -0.196. The lowest BCUT2D eigenvalue weighted by atomic mass is 10.0. The Kier molecular flexibility index (Phi) is 10.4. The van der Waals surface area contributed by atoms with Crippen LogP contribution in [0.2, 0.25) is 0 Å². The van der Waals surface area contributed by atoms with E-state index in [9.17, 15) is 4.39 Å². The molecule has 2 aromatic carbocycles. The summed E-state index contributed by atoms with van der Waals surface area (Å²) in [6, 6.07) is 15.3. The van der Waals surface area contributed by atoms with E-state index in [-0.39, 0.29) is 5.82 Å². The van der Waals surface area contributed by atoms with Crippen molar-refractivity contribution in [2.45, 2.75) is 78.1 Å². The van der Waals surface area contributed by atoms with Crippen molar-refractivity contribution in [2.75, 3.05) is 13.1 Å². The maximum absolute atomic E-state index is 13.4. The van der Waals surface area contributed by atoms with Crippen molar-refractivity contribution in [1.29, 1.82) is 0 Å². The molecule has 1 heterocycles. The molecule has 4 heteroatoms. The second-order valence-electron chi connectivity index (χ2n) is 9.11. The molecular weight excluding hydrogens is 427 g/mol. The molecule has 0 saturated heterocycles. The smallest absolute Gasteiger partial charge is 0.123 e. The third kappa shape index (κ3) is 7.67. The zero-order chi connectivity index (χ0) is 23.5. The van der Waals surface area contributed by atoms with E-state index in [0.717, 1.165) is 42.0 Å². The Labute approximate surface area is 204 Å². The largest absolute Gasteiger partial charge is 0.366 e. The van der Waals surface area contributed by atoms with E-state index in [1.54, 1.807) is 0 Å². The summed E-state index contributed by atoms with van der Waals surface area (Å²) in [5, 5.41) is 1.24. The van der Waals surface area contributed by atoms with Crippen LogP contribution in [0.3, 0.4) is 0 Å². The van der Waals surface area contributed by atoms with Crippen molar-refractivity contribution in [2.24, 2.45) is 0 Å². The van der Waals surface area contributed by atoms with E-state index in [0.29, 0.717) is 0 Å². The number of aromatic amines is 1. The monoisotopic (exact) mass is 466 g/mol. The number of nitrogens with zero attached hydrogens (tertiary/aromatic N) is 1. The molecular formula is C29H39FN2S. The molecule has 3 rings (SSSR count). The third-order valence-corrected chi connectivity index (χ3v) is 6.84. The number of thiocarbonyl (C=S) groups is 1. The first-order valence-corrected chi connectivity index (χ1v) is 13.1. The Bertz CT molecular complexity index is 981. The average molecular weight is 467 g/mol. The van der Waals surface area contributed by atoms with E-state index >= 15 is 0 Å². The summed E-state index contributed by atoms with van der Waals surface area (Å²) in [4.78, 5) is 7.13. The highest BCUT2D eigenvalue weighted by molar-refractivity contribution is 7.80. The van der Waals surface area contributed by atoms with Gasteiger partial charge in [0, 0.05) is 42.5 Å². The van der Waals surface area contributed by atoms with E-state index in [1.165, 1.54) is 80.1 Å². The summed E-state index contributed by atoms with van der Waals surface area (Å²) < 4.78 is 13.4. The second-order valence-corrected chi connectivity index (χ2v) is 9.58. The molecule has 33 heavy (non-hydrogen) atoms. The summed E-state index contributed by atoms with van der Waals surface area (Å²) in [6.45, 7) is 6.63. The number of benzene rings is 2. The molecule has 0 amide bonds. The van der Waals surface area contributed by atoms with E-state index in [2.05, 4.69) is 48.0 Å². The fourth-order valence-electron chi connectivity index (χ4n) is 4.50. The third-order valence-electron chi connectivity index (χ3n) is 6.44. The number of rotatable bonds is 14. The number of hydrogen-bond donors (Lipinski definition) is 1. The molecule has 0 atom stereocenters. The minimum Gasteiger partial charge on any atom is -0.366 e. The van der Waals surface area contributed by atoms with Gasteiger partial charge in [-0.2, -0.15) is 0 Å². The summed E-state index contributed by atoms with van der Waals surface area (Å²) in [5.74, 6) is -0.196.